The monoisotopic (exact) mass is 496 g/mol. The number of nitrogens with one attached hydrogen (secondary N) is 1. The van der Waals surface area contributed by atoms with E-state index in [0.29, 0.717) is 34.0 Å². The second-order valence-electron chi connectivity index (χ2n) is 8.07. The van der Waals surface area contributed by atoms with Crippen molar-refractivity contribution >= 4 is 28.4 Å². The number of hydrogen-bond acceptors (Lipinski definition) is 9. The summed E-state index contributed by atoms with van der Waals surface area (Å²) in [6.45, 7) is -0.0711. The van der Waals surface area contributed by atoms with Gasteiger partial charge in [-0.3, -0.25) is 4.79 Å². The van der Waals surface area contributed by atoms with Crippen LogP contribution in [-0.4, -0.2) is 35.9 Å². The topological polar surface area (TPSA) is 151 Å². The molecule has 0 radical (unpaired) electrons. The molecule has 37 heavy (non-hydrogen) atoms. The van der Waals surface area contributed by atoms with E-state index < -0.39 is 5.82 Å². The zero-order valence-electron chi connectivity index (χ0n) is 19.0. The molecule has 3 N–H and O–H groups in total. The van der Waals surface area contributed by atoms with Crippen LogP contribution in [0.25, 0.3) is 45.4 Å². The maximum Gasteiger partial charge on any atom is 0.258 e. The quantitative estimate of drug-likeness (QED) is 0.346. The number of nitrogens with zero attached hydrogens (tertiary/aromatic N) is 6. The number of anilines is 2. The molecular formula is C25H17FN8O3. The standard InChI is InChI=1S/C25H17FN8O3/c26-16-7-3-6-15(11-16)25-30-23(33-36-25)14-5-4-8-17(12-14)28-20(35)13-34-19-10-2-1-9-18(19)29-24(34)21-22(27)32-37-31-21/h1-12H,13H2,(H2,27,32)(H,28,35). The molecule has 0 saturated heterocycles. The lowest BCUT2D eigenvalue weighted by Gasteiger charge is -2.09. The van der Waals surface area contributed by atoms with Crippen molar-refractivity contribution in [3.63, 3.8) is 0 Å². The average Bonchev–Trinajstić information content (AvgIpc) is 3.63. The zero-order chi connectivity index (χ0) is 25.4. The minimum Gasteiger partial charge on any atom is -0.379 e. The molecule has 0 aliphatic heterocycles. The maximum atomic E-state index is 13.6. The maximum absolute atomic E-state index is 13.6. The normalized spacial score (nSPS) is 11.2. The van der Waals surface area contributed by atoms with E-state index in [1.165, 1.54) is 12.1 Å². The molecule has 3 aromatic heterocycles. The number of rotatable bonds is 6. The number of carbonyl (C=O) groups excluding carboxylic acids is 1. The second-order valence-corrected chi connectivity index (χ2v) is 8.07. The molecular weight excluding hydrogens is 479 g/mol. The number of hydrogen-bond donors (Lipinski definition) is 2. The van der Waals surface area contributed by atoms with Crippen molar-refractivity contribution in [3.8, 4) is 34.4 Å². The number of fused-ring (bicyclic) bond motifs is 1. The van der Waals surface area contributed by atoms with E-state index in [4.69, 9.17) is 14.9 Å². The van der Waals surface area contributed by atoms with Crippen LogP contribution in [0.1, 0.15) is 0 Å². The first kappa shape index (κ1) is 22.1. The Kier molecular flexibility index (Phi) is 5.37. The predicted molar refractivity (Wildman–Crippen MR) is 131 cm³/mol. The van der Waals surface area contributed by atoms with Crippen LogP contribution in [0.15, 0.2) is 81.9 Å². The van der Waals surface area contributed by atoms with Crippen molar-refractivity contribution in [2.45, 2.75) is 6.54 Å². The summed E-state index contributed by atoms with van der Waals surface area (Å²) < 4.78 is 25.3. The molecule has 0 spiro atoms. The Bertz CT molecular complexity index is 1760. The smallest absolute Gasteiger partial charge is 0.258 e. The fourth-order valence-electron chi connectivity index (χ4n) is 3.93. The summed E-state index contributed by atoms with van der Waals surface area (Å²) >= 11 is 0. The highest BCUT2D eigenvalue weighted by Gasteiger charge is 2.21. The van der Waals surface area contributed by atoms with Gasteiger partial charge in [-0.05, 0) is 52.8 Å². The molecule has 182 valence electrons. The highest BCUT2D eigenvalue weighted by atomic mass is 19.1. The molecule has 11 nitrogen and oxygen atoms in total. The molecule has 0 unspecified atom stereocenters. The first-order valence-corrected chi connectivity index (χ1v) is 11.1. The van der Waals surface area contributed by atoms with Gasteiger partial charge in [-0.15, -0.1) is 0 Å². The molecule has 3 heterocycles. The third-order valence-electron chi connectivity index (χ3n) is 5.58. The highest BCUT2D eigenvalue weighted by Crippen LogP contribution is 2.27. The van der Waals surface area contributed by atoms with Gasteiger partial charge in [0.2, 0.25) is 11.7 Å². The Morgan fingerprint density at radius 3 is 2.62 bits per heavy atom. The second kappa shape index (κ2) is 9.00. The minimum atomic E-state index is -0.404. The van der Waals surface area contributed by atoms with Crippen LogP contribution in [0.4, 0.5) is 15.9 Å². The third-order valence-corrected chi connectivity index (χ3v) is 5.58. The molecule has 0 saturated carbocycles. The van der Waals surface area contributed by atoms with Crippen molar-refractivity contribution in [3.05, 3.63) is 78.6 Å². The molecule has 12 heteroatoms. The molecule has 0 aliphatic rings. The van der Waals surface area contributed by atoms with E-state index in [-0.39, 0.29) is 29.9 Å². The lowest BCUT2D eigenvalue weighted by Crippen LogP contribution is -2.19. The molecule has 0 bridgehead atoms. The molecule has 1 amide bonds. The van der Waals surface area contributed by atoms with Gasteiger partial charge in [0.1, 0.15) is 12.4 Å². The van der Waals surface area contributed by atoms with Gasteiger partial charge in [0.15, 0.2) is 17.3 Å². The van der Waals surface area contributed by atoms with E-state index in [1.807, 2.05) is 24.3 Å². The van der Waals surface area contributed by atoms with Crippen LogP contribution >= 0.6 is 0 Å². The summed E-state index contributed by atoms with van der Waals surface area (Å²) in [4.78, 5) is 22.0. The van der Waals surface area contributed by atoms with Gasteiger partial charge >= 0.3 is 0 Å². The van der Waals surface area contributed by atoms with Crippen LogP contribution in [0.5, 0.6) is 0 Å². The summed E-state index contributed by atoms with van der Waals surface area (Å²) in [5.41, 5.74) is 9.11. The number of imidazole rings is 1. The average molecular weight is 496 g/mol. The highest BCUT2D eigenvalue weighted by molar-refractivity contribution is 5.93. The molecule has 3 aromatic carbocycles. The number of carbonyl (C=O) groups is 1. The first-order chi connectivity index (χ1) is 18.0. The van der Waals surface area contributed by atoms with Gasteiger partial charge in [-0.1, -0.05) is 35.5 Å². The summed E-state index contributed by atoms with van der Waals surface area (Å²) in [7, 11) is 0. The fraction of sp³-hybridized carbons (Fsp3) is 0.0400. The number of amides is 1. The van der Waals surface area contributed by atoms with Gasteiger partial charge in [0, 0.05) is 16.8 Å². The lowest BCUT2D eigenvalue weighted by molar-refractivity contribution is -0.116. The SMILES string of the molecule is Nc1nonc1-c1nc2ccccc2n1CC(=O)Nc1cccc(-c2noc(-c3cccc(F)c3)n2)c1. The largest absolute Gasteiger partial charge is 0.379 e. The van der Waals surface area contributed by atoms with Crippen LogP contribution in [-0.2, 0) is 11.3 Å². The summed E-state index contributed by atoms with van der Waals surface area (Å²) in [6.07, 6.45) is 0. The fourth-order valence-corrected chi connectivity index (χ4v) is 3.93. The molecule has 6 aromatic rings. The van der Waals surface area contributed by atoms with Crippen molar-refractivity contribution in [2.75, 3.05) is 11.1 Å². The lowest BCUT2D eigenvalue weighted by atomic mass is 10.2. The van der Waals surface area contributed by atoms with Crippen LogP contribution in [0.3, 0.4) is 0 Å². The summed E-state index contributed by atoms with van der Waals surface area (Å²) in [6, 6.07) is 20.2. The van der Waals surface area contributed by atoms with Crippen LogP contribution in [0, 0.1) is 5.82 Å². The van der Waals surface area contributed by atoms with E-state index in [1.54, 1.807) is 41.0 Å². The Labute approximate surface area is 207 Å². The molecule has 0 fully saturated rings. The van der Waals surface area contributed by atoms with Gasteiger partial charge < -0.3 is 20.1 Å². The Hall–Kier alpha value is -5.39. The number of para-hydroxylation sites is 2. The van der Waals surface area contributed by atoms with E-state index in [2.05, 4.69) is 30.8 Å². The zero-order valence-corrected chi connectivity index (χ0v) is 19.0. The van der Waals surface area contributed by atoms with Crippen molar-refractivity contribution in [2.24, 2.45) is 0 Å². The Morgan fingerprint density at radius 1 is 0.946 bits per heavy atom. The molecule has 0 atom stereocenters. The number of halogens is 1. The summed E-state index contributed by atoms with van der Waals surface area (Å²) in [5.74, 6) is 0.198. The van der Waals surface area contributed by atoms with Gasteiger partial charge in [-0.25, -0.2) is 14.0 Å². The van der Waals surface area contributed by atoms with Gasteiger partial charge in [0.05, 0.1) is 11.0 Å². The van der Waals surface area contributed by atoms with E-state index in [9.17, 15) is 9.18 Å². The number of nitrogens with two attached hydrogens (primary N) is 1. The van der Waals surface area contributed by atoms with Crippen LogP contribution < -0.4 is 11.1 Å². The summed E-state index contributed by atoms with van der Waals surface area (Å²) in [5, 5.41) is 14.3. The predicted octanol–water partition coefficient (Wildman–Crippen LogP) is 4.16. The van der Waals surface area contributed by atoms with E-state index in [0.717, 1.165) is 5.52 Å². The minimum absolute atomic E-state index is 0.0711. The van der Waals surface area contributed by atoms with Crippen molar-refractivity contribution < 1.29 is 18.3 Å². The van der Waals surface area contributed by atoms with Gasteiger partial charge in [0.25, 0.3) is 5.89 Å². The number of aromatic nitrogens is 6. The molecule has 0 aliphatic carbocycles. The number of nitrogen functional groups attached to an aromatic ring is 1. The third kappa shape index (κ3) is 4.27. The van der Waals surface area contributed by atoms with Crippen molar-refractivity contribution in [1.82, 2.24) is 30.0 Å². The Morgan fingerprint density at radius 2 is 1.78 bits per heavy atom. The van der Waals surface area contributed by atoms with E-state index >= 15 is 0 Å². The van der Waals surface area contributed by atoms with Crippen molar-refractivity contribution in [1.29, 1.82) is 0 Å². The first-order valence-electron chi connectivity index (χ1n) is 11.1. The number of benzene rings is 3. The molecule has 6 rings (SSSR count). The van der Waals surface area contributed by atoms with Crippen LogP contribution in [0.2, 0.25) is 0 Å². The Balaban J connectivity index is 1.25. The van der Waals surface area contributed by atoms with Gasteiger partial charge in [-0.2, -0.15) is 4.98 Å².